The molecule has 0 radical (unpaired) electrons. The minimum absolute atomic E-state index is 0.0178. The second kappa shape index (κ2) is 3.69. The van der Waals surface area contributed by atoms with Gasteiger partial charge < -0.3 is 14.6 Å². The maximum Gasteiger partial charge on any atom is 0.307 e. The van der Waals surface area contributed by atoms with Crippen molar-refractivity contribution < 1.29 is 23.8 Å². The van der Waals surface area contributed by atoms with Crippen LogP contribution < -0.4 is 9.47 Å². The lowest BCUT2D eigenvalue weighted by molar-refractivity contribution is -0.136. The molecule has 0 saturated carbocycles. The number of carboxylic acid groups (broad SMARTS) is 1. The average Bonchev–Trinajstić information content (AvgIpc) is 2.59. The van der Waals surface area contributed by atoms with E-state index in [1.807, 2.05) is 0 Å². The molecule has 6 heteroatoms. The molecule has 0 fully saturated rings. The summed E-state index contributed by atoms with van der Waals surface area (Å²) in [6, 6.07) is 1.13. The molecular weight excluding hydrogens is 271 g/mol. The number of carboxylic acids is 1. The van der Waals surface area contributed by atoms with Gasteiger partial charge in [0.25, 0.3) is 0 Å². The van der Waals surface area contributed by atoms with Crippen LogP contribution in [0.1, 0.15) is 5.56 Å². The lowest BCUT2D eigenvalue weighted by Crippen LogP contribution is -2.03. The Balaban J connectivity index is 2.51. The van der Waals surface area contributed by atoms with Gasteiger partial charge in [-0.3, -0.25) is 4.79 Å². The van der Waals surface area contributed by atoms with Crippen molar-refractivity contribution >= 4 is 21.9 Å². The number of aliphatic carboxylic acids is 1. The van der Waals surface area contributed by atoms with Gasteiger partial charge in [-0.25, -0.2) is 4.39 Å². The second-order valence-electron chi connectivity index (χ2n) is 2.96. The Labute approximate surface area is 92.7 Å². The van der Waals surface area contributed by atoms with Crippen LogP contribution in [0.25, 0.3) is 0 Å². The van der Waals surface area contributed by atoms with Gasteiger partial charge in [0.2, 0.25) is 6.79 Å². The Kier molecular flexibility index (Phi) is 2.52. The average molecular weight is 277 g/mol. The number of halogens is 2. The molecule has 1 aromatic rings. The van der Waals surface area contributed by atoms with Crippen molar-refractivity contribution in [2.45, 2.75) is 6.42 Å². The number of benzene rings is 1. The largest absolute Gasteiger partial charge is 0.481 e. The molecule has 0 aromatic heterocycles. The van der Waals surface area contributed by atoms with Gasteiger partial charge in [0, 0.05) is 11.6 Å². The molecule has 0 amide bonds. The first-order chi connectivity index (χ1) is 7.09. The molecule has 1 heterocycles. The molecule has 2 rings (SSSR count). The summed E-state index contributed by atoms with van der Waals surface area (Å²) < 4.78 is 23.8. The third-order valence-electron chi connectivity index (χ3n) is 1.98. The normalized spacial score (nSPS) is 12.9. The number of ether oxygens (including phenoxy) is 2. The Morgan fingerprint density at radius 2 is 2.33 bits per heavy atom. The molecule has 0 aliphatic carbocycles. The van der Waals surface area contributed by atoms with Crippen molar-refractivity contribution in [1.82, 2.24) is 0 Å². The summed E-state index contributed by atoms with van der Waals surface area (Å²) in [5.74, 6) is -1.08. The molecule has 1 aliphatic heterocycles. The Hall–Kier alpha value is -1.30. The van der Waals surface area contributed by atoms with Crippen molar-refractivity contribution in [2.75, 3.05) is 6.79 Å². The highest BCUT2D eigenvalue weighted by Crippen LogP contribution is 2.42. The summed E-state index contributed by atoms with van der Waals surface area (Å²) >= 11 is 3.10. The van der Waals surface area contributed by atoms with Crippen molar-refractivity contribution in [2.24, 2.45) is 0 Å². The molecule has 15 heavy (non-hydrogen) atoms. The minimum atomic E-state index is -1.10. The van der Waals surface area contributed by atoms with Crippen LogP contribution in [0.5, 0.6) is 11.5 Å². The van der Waals surface area contributed by atoms with E-state index in [1.165, 1.54) is 0 Å². The van der Waals surface area contributed by atoms with Gasteiger partial charge in [-0.05, 0) is 15.9 Å². The smallest absolute Gasteiger partial charge is 0.307 e. The molecule has 0 unspecified atom stereocenters. The standard InChI is InChI=1S/C9H6BrFO4/c10-8-4(1-7(12)13)5(11)2-6-9(8)15-3-14-6/h2H,1,3H2,(H,12,13). The molecule has 1 aliphatic rings. The van der Waals surface area contributed by atoms with E-state index in [0.717, 1.165) is 6.07 Å². The Morgan fingerprint density at radius 1 is 1.60 bits per heavy atom. The fraction of sp³-hybridized carbons (Fsp3) is 0.222. The van der Waals surface area contributed by atoms with E-state index in [1.54, 1.807) is 0 Å². The van der Waals surface area contributed by atoms with Gasteiger partial charge in [-0.2, -0.15) is 0 Å². The highest BCUT2D eigenvalue weighted by molar-refractivity contribution is 9.10. The highest BCUT2D eigenvalue weighted by Gasteiger charge is 2.24. The van der Waals surface area contributed by atoms with Crippen LogP contribution >= 0.6 is 15.9 Å². The van der Waals surface area contributed by atoms with Crippen LogP contribution in [0.2, 0.25) is 0 Å². The van der Waals surface area contributed by atoms with E-state index in [2.05, 4.69) is 15.9 Å². The molecule has 1 N–H and O–H groups in total. The van der Waals surface area contributed by atoms with Crippen LogP contribution in [0.15, 0.2) is 10.5 Å². The maximum atomic E-state index is 13.4. The lowest BCUT2D eigenvalue weighted by Gasteiger charge is -2.06. The van der Waals surface area contributed by atoms with Crippen LogP contribution in [-0.2, 0) is 11.2 Å². The van der Waals surface area contributed by atoms with E-state index >= 15 is 0 Å². The quantitative estimate of drug-likeness (QED) is 0.897. The van der Waals surface area contributed by atoms with Gasteiger partial charge >= 0.3 is 5.97 Å². The number of hydrogen-bond acceptors (Lipinski definition) is 3. The summed E-state index contributed by atoms with van der Waals surface area (Å²) in [7, 11) is 0. The number of fused-ring (bicyclic) bond motifs is 1. The Morgan fingerprint density at radius 3 is 3.00 bits per heavy atom. The van der Waals surface area contributed by atoms with E-state index in [9.17, 15) is 9.18 Å². The van der Waals surface area contributed by atoms with Gasteiger partial charge in [0.1, 0.15) is 5.82 Å². The third kappa shape index (κ3) is 1.77. The van der Waals surface area contributed by atoms with E-state index in [-0.39, 0.29) is 18.1 Å². The second-order valence-corrected chi connectivity index (χ2v) is 3.75. The molecule has 0 saturated heterocycles. The first-order valence-electron chi connectivity index (χ1n) is 4.08. The van der Waals surface area contributed by atoms with E-state index in [4.69, 9.17) is 14.6 Å². The molecule has 0 spiro atoms. The maximum absolute atomic E-state index is 13.4. The monoisotopic (exact) mass is 276 g/mol. The summed E-state index contributed by atoms with van der Waals surface area (Å²) in [6.07, 6.45) is -0.400. The summed E-state index contributed by atoms with van der Waals surface area (Å²) in [6.45, 7) is 0.0178. The fourth-order valence-corrected chi connectivity index (χ4v) is 1.96. The number of hydrogen-bond donors (Lipinski definition) is 1. The van der Waals surface area contributed by atoms with Crippen molar-refractivity contribution in [3.63, 3.8) is 0 Å². The molecule has 0 bridgehead atoms. The van der Waals surface area contributed by atoms with E-state index in [0.29, 0.717) is 10.2 Å². The molecule has 80 valence electrons. The van der Waals surface area contributed by atoms with Gasteiger partial charge in [0.15, 0.2) is 11.5 Å². The fourth-order valence-electron chi connectivity index (χ4n) is 1.32. The van der Waals surface area contributed by atoms with Gasteiger partial charge in [-0.1, -0.05) is 0 Å². The zero-order valence-electron chi connectivity index (χ0n) is 7.42. The third-order valence-corrected chi connectivity index (χ3v) is 2.82. The van der Waals surface area contributed by atoms with Crippen LogP contribution in [0, 0.1) is 5.82 Å². The Bertz CT molecular complexity index is 433. The van der Waals surface area contributed by atoms with Gasteiger partial charge in [-0.15, -0.1) is 0 Å². The van der Waals surface area contributed by atoms with Crippen molar-refractivity contribution in [1.29, 1.82) is 0 Å². The predicted molar refractivity (Wildman–Crippen MR) is 51.6 cm³/mol. The zero-order valence-corrected chi connectivity index (χ0v) is 9.01. The topological polar surface area (TPSA) is 55.8 Å². The first kappa shape index (κ1) is 10.2. The first-order valence-corrected chi connectivity index (χ1v) is 4.87. The summed E-state index contributed by atoms with van der Waals surface area (Å²) in [5.41, 5.74) is 0.0618. The van der Waals surface area contributed by atoms with Gasteiger partial charge in [0.05, 0.1) is 10.9 Å². The van der Waals surface area contributed by atoms with E-state index < -0.39 is 18.2 Å². The lowest BCUT2D eigenvalue weighted by atomic mass is 10.1. The zero-order chi connectivity index (χ0) is 11.0. The van der Waals surface area contributed by atoms with Crippen LogP contribution in [0.3, 0.4) is 0 Å². The highest BCUT2D eigenvalue weighted by atomic mass is 79.9. The molecule has 0 atom stereocenters. The molecule has 1 aromatic carbocycles. The summed E-state index contributed by atoms with van der Waals surface area (Å²) in [5, 5.41) is 8.60. The SMILES string of the molecule is O=C(O)Cc1c(F)cc2c(c1Br)OCO2. The molecule has 4 nitrogen and oxygen atoms in total. The minimum Gasteiger partial charge on any atom is -0.481 e. The number of rotatable bonds is 2. The predicted octanol–water partition coefficient (Wildman–Crippen LogP) is 1.94. The molecular formula is C9H6BrFO4. The van der Waals surface area contributed by atoms with Crippen molar-refractivity contribution in [3.05, 3.63) is 21.9 Å². The van der Waals surface area contributed by atoms with Crippen LogP contribution in [0.4, 0.5) is 4.39 Å². The summed E-state index contributed by atoms with van der Waals surface area (Å²) in [4.78, 5) is 10.5. The van der Waals surface area contributed by atoms with Crippen molar-refractivity contribution in [3.8, 4) is 11.5 Å². The number of carbonyl (C=O) groups is 1. The van der Waals surface area contributed by atoms with Crippen LogP contribution in [-0.4, -0.2) is 17.9 Å².